The largest absolute Gasteiger partial charge is 0.483 e. The van der Waals surface area contributed by atoms with Crippen molar-refractivity contribution in [2.75, 3.05) is 19.7 Å². The molecule has 0 radical (unpaired) electrons. The van der Waals surface area contributed by atoms with E-state index in [-0.39, 0.29) is 24.0 Å². The second-order valence-electron chi connectivity index (χ2n) is 7.90. The van der Waals surface area contributed by atoms with Crippen LogP contribution in [0.15, 0.2) is 30.9 Å². The van der Waals surface area contributed by atoms with E-state index in [9.17, 15) is 14.7 Å². The number of aliphatic hydroxyl groups excluding tert-OH is 1. The number of nitrogens with one attached hydrogen (secondary N) is 2. The van der Waals surface area contributed by atoms with Crippen LogP contribution in [0.4, 0.5) is 0 Å². The maximum atomic E-state index is 12.6. The summed E-state index contributed by atoms with van der Waals surface area (Å²) in [7, 11) is 0. The summed E-state index contributed by atoms with van der Waals surface area (Å²) < 4.78 is 6.03. The molecule has 0 saturated carbocycles. The van der Waals surface area contributed by atoms with E-state index in [1.165, 1.54) is 24.8 Å². The molecular weight excluding hydrogens is 420 g/mol. The number of aromatic amines is 1. The number of H-pyrrole nitrogens is 1. The molecule has 2 atom stereocenters. The number of likely N-dealkylation sites (tertiary alicyclic amines) is 1. The summed E-state index contributed by atoms with van der Waals surface area (Å²) in [5.74, 6) is -0.509. The lowest BCUT2D eigenvalue weighted by atomic mass is 9.73. The van der Waals surface area contributed by atoms with Gasteiger partial charge in [0.05, 0.1) is 17.3 Å². The van der Waals surface area contributed by atoms with Crippen LogP contribution >= 0.6 is 0 Å². The first-order valence-corrected chi connectivity index (χ1v) is 10.1. The van der Waals surface area contributed by atoms with Gasteiger partial charge >= 0.3 is 0 Å². The van der Waals surface area contributed by atoms with Crippen molar-refractivity contribution < 1.29 is 29.3 Å². The lowest BCUT2D eigenvalue weighted by Gasteiger charge is -2.53. The molecule has 32 heavy (non-hydrogen) atoms. The highest BCUT2D eigenvalue weighted by molar-refractivity contribution is 5.93. The Morgan fingerprint density at radius 1 is 1.28 bits per heavy atom. The first-order chi connectivity index (χ1) is 15.3. The van der Waals surface area contributed by atoms with Crippen molar-refractivity contribution in [1.29, 1.82) is 0 Å². The molecule has 0 unspecified atom stereocenters. The number of rotatable bonds is 3. The van der Waals surface area contributed by atoms with Crippen molar-refractivity contribution in [3.63, 3.8) is 0 Å². The molecule has 12 nitrogen and oxygen atoms in total. The van der Waals surface area contributed by atoms with Crippen LogP contribution in [0.25, 0.3) is 0 Å². The van der Waals surface area contributed by atoms with Crippen LogP contribution in [0.3, 0.4) is 0 Å². The summed E-state index contributed by atoms with van der Waals surface area (Å²) in [4.78, 5) is 43.1. The maximum absolute atomic E-state index is 12.6. The van der Waals surface area contributed by atoms with Gasteiger partial charge in [-0.05, 0) is 32.3 Å². The Kier molecular flexibility index (Phi) is 7.15. The summed E-state index contributed by atoms with van der Waals surface area (Å²) in [5, 5.41) is 27.5. The average Bonchev–Trinajstić information content (AvgIpc) is 3.34. The van der Waals surface area contributed by atoms with E-state index in [2.05, 4.69) is 25.5 Å². The third-order valence-electron chi connectivity index (χ3n) is 5.94. The summed E-state index contributed by atoms with van der Waals surface area (Å²) in [5.41, 5.74) is -1.05. The zero-order valence-electron chi connectivity index (χ0n) is 17.6. The van der Waals surface area contributed by atoms with E-state index in [0.29, 0.717) is 44.7 Å². The van der Waals surface area contributed by atoms with Crippen molar-refractivity contribution in [3.05, 3.63) is 42.2 Å². The molecule has 2 aliphatic rings. The summed E-state index contributed by atoms with van der Waals surface area (Å²) in [6.07, 6.45) is 6.38. The van der Waals surface area contributed by atoms with Crippen LogP contribution in [0.1, 0.15) is 47.2 Å². The van der Waals surface area contributed by atoms with Crippen molar-refractivity contribution in [2.45, 2.75) is 43.4 Å². The first kappa shape index (κ1) is 23.3. The second-order valence-corrected chi connectivity index (χ2v) is 7.90. The third-order valence-corrected chi connectivity index (χ3v) is 5.94. The first-order valence-electron chi connectivity index (χ1n) is 10.1. The molecular formula is C20H26N6O6. The molecule has 2 amide bonds. The standard InChI is InChI=1S/C19H24N6O4.CH2O2/c1-18(23-15(26)14-12-20-7-8-21-14)5-11-29-19(17(18)28)3-9-25(10-4-19)16(27)13-2-6-22-24-13;2-1-3/h2,6-8,12,17,28H,3-5,9-11H2,1H3,(H,22,24)(H,23,26);1H,(H,2,3)/t17-,18+;/m1./s1. The molecule has 2 aromatic rings. The minimum Gasteiger partial charge on any atom is -0.483 e. The molecule has 0 aliphatic carbocycles. The highest BCUT2D eigenvalue weighted by atomic mass is 16.5. The number of hydrogen-bond acceptors (Lipinski definition) is 8. The van der Waals surface area contributed by atoms with Gasteiger partial charge in [-0.25, -0.2) is 4.98 Å². The number of carboxylic acid groups (broad SMARTS) is 1. The molecule has 1 spiro atoms. The average molecular weight is 446 g/mol. The van der Waals surface area contributed by atoms with Crippen molar-refractivity contribution in [2.24, 2.45) is 0 Å². The fraction of sp³-hybridized carbons (Fsp3) is 0.500. The molecule has 4 rings (SSSR count). The van der Waals surface area contributed by atoms with Gasteiger partial charge in [0.1, 0.15) is 17.5 Å². The van der Waals surface area contributed by atoms with E-state index in [0.717, 1.165) is 0 Å². The monoisotopic (exact) mass is 446 g/mol. The third kappa shape index (κ3) is 4.75. The maximum Gasteiger partial charge on any atom is 0.290 e. The van der Waals surface area contributed by atoms with E-state index < -0.39 is 17.2 Å². The van der Waals surface area contributed by atoms with Crippen molar-refractivity contribution >= 4 is 18.3 Å². The zero-order chi connectivity index (χ0) is 23.2. The van der Waals surface area contributed by atoms with Crippen LogP contribution in [0.2, 0.25) is 0 Å². The molecule has 2 fully saturated rings. The highest BCUT2D eigenvalue weighted by Gasteiger charge is 2.54. The van der Waals surface area contributed by atoms with E-state index in [4.69, 9.17) is 14.6 Å². The van der Waals surface area contributed by atoms with E-state index in [1.807, 2.05) is 6.92 Å². The van der Waals surface area contributed by atoms with Crippen molar-refractivity contribution in [1.82, 2.24) is 30.4 Å². The zero-order valence-corrected chi connectivity index (χ0v) is 17.6. The molecule has 4 N–H and O–H groups in total. The summed E-state index contributed by atoms with van der Waals surface area (Å²) >= 11 is 0. The second kappa shape index (κ2) is 9.83. The minimum absolute atomic E-state index is 0.124. The number of piperidine rings is 1. The number of carbonyl (C=O) groups is 3. The lowest BCUT2D eigenvalue weighted by Crippen LogP contribution is -2.69. The van der Waals surface area contributed by atoms with Gasteiger partial charge in [-0.3, -0.25) is 24.5 Å². The van der Waals surface area contributed by atoms with Gasteiger partial charge in [0.2, 0.25) is 0 Å². The fourth-order valence-electron chi connectivity index (χ4n) is 4.18. The predicted octanol–water partition coefficient (Wildman–Crippen LogP) is -0.155. The number of ether oxygens (including phenoxy) is 1. The Morgan fingerprint density at radius 3 is 2.59 bits per heavy atom. The molecule has 172 valence electrons. The van der Waals surface area contributed by atoms with Crippen molar-refractivity contribution in [3.8, 4) is 0 Å². The number of amides is 2. The highest BCUT2D eigenvalue weighted by Crippen LogP contribution is 2.40. The SMILES string of the molecule is C[C@]1(NC(=O)c2cnccn2)CCOC2(CCN(C(=O)c3ccn[nH]3)CC2)[C@@H]1O.O=CO. The molecule has 0 aromatic carbocycles. The molecule has 2 saturated heterocycles. The normalized spacial score (nSPS) is 24.2. The molecule has 0 bridgehead atoms. The van der Waals surface area contributed by atoms with E-state index in [1.54, 1.807) is 11.0 Å². The van der Waals surface area contributed by atoms with Gasteiger partial charge in [0.25, 0.3) is 18.3 Å². The van der Waals surface area contributed by atoms with Gasteiger partial charge in [-0.1, -0.05) is 0 Å². The number of aromatic nitrogens is 4. The minimum atomic E-state index is -0.922. The fourth-order valence-corrected chi connectivity index (χ4v) is 4.18. The summed E-state index contributed by atoms with van der Waals surface area (Å²) in [6, 6.07) is 1.64. The van der Waals surface area contributed by atoms with Crippen LogP contribution < -0.4 is 5.32 Å². The quantitative estimate of drug-likeness (QED) is 0.468. The van der Waals surface area contributed by atoms with Crippen LogP contribution in [0, 0.1) is 0 Å². The topological polar surface area (TPSA) is 171 Å². The van der Waals surface area contributed by atoms with E-state index >= 15 is 0 Å². The van der Waals surface area contributed by atoms with Crippen LogP contribution in [-0.2, 0) is 9.53 Å². The Hall–Kier alpha value is -3.38. The van der Waals surface area contributed by atoms with Gasteiger partial charge in [0, 0.05) is 38.3 Å². The van der Waals surface area contributed by atoms with Crippen LogP contribution in [-0.4, -0.2) is 90.5 Å². The van der Waals surface area contributed by atoms with Crippen LogP contribution in [0.5, 0.6) is 0 Å². The van der Waals surface area contributed by atoms with Gasteiger partial charge in [0.15, 0.2) is 0 Å². The smallest absolute Gasteiger partial charge is 0.290 e. The molecule has 12 heteroatoms. The van der Waals surface area contributed by atoms with Gasteiger partial charge in [-0.2, -0.15) is 5.10 Å². The molecule has 4 heterocycles. The van der Waals surface area contributed by atoms with Gasteiger partial charge in [-0.15, -0.1) is 0 Å². The predicted molar refractivity (Wildman–Crippen MR) is 110 cm³/mol. The van der Waals surface area contributed by atoms with Gasteiger partial charge < -0.3 is 25.2 Å². The Labute approximate surface area is 184 Å². The Bertz CT molecular complexity index is 916. The molecule has 2 aromatic heterocycles. The Balaban J connectivity index is 0.000000913. The number of carbonyl (C=O) groups excluding carboxylic acids is 2. The number of aliphatic hydroxyl groups is 1. The Morgan fingerprint density at radius 2 is 2.00 bits per heavy atom. The number of hydrogen-bond donors (Lipinski definition) is 4. The summed E-state index contributed by atoms with van der Waals surface area (Å²) in [6.45, 7) is 2.87. The lowest BCUT2D eigenvalue weighted by molar-refractivity contribution is -0.203. The number of nitrogens with zero attached hydrogens (tertiary/aromatic N) is 4. The molecule has 2 aliphatic heterocycles.